The summed E-state index contributed by atoms with van der Waals surface area (Å²) in [5.74, 6) is 2.35. The quantitative estimate of drug-likeness (QED) is 0.498. The minimum Gasteiger partial charge on any atom is -0.497 e. The van der Waals surface area contributed by atoms with E-state index in [4.69, 9.17) is 9.26 Å². The molecule has 0 saturated carbocycles. The minimum atomic E-state index is 0.0730. The molecule has 0 atom stereocenters. The number of likely N-dealkylation sites (tertiary alicyclic amines) is 1. The Morgan fingerprint density at radius 1 is 1.18 bits per heavy atom. The van der Waals surface area contributed by atoms with Crippen molar-refractivity contribution in [2.24, 2.45) is 5.92 Å². The number of nitrogens with zero attached hydrogens (tertiary/aromatic N) is 3. The molecule has 33 heavy (non-hydrogen) atoms. The fraction of sp³-hybridized carbons (Fsp3) is 0.423. The van der Waals surface area contributed by atoms with Crippen LogP contribution < -0.4 is 10.1 Å². The molecular weight excluding hydrogens is 416 g/mol. The van der Waals surface area contributed by atoms with Gasteiger partial charge in [-0.2, -0.15) is 4.98 Å². The van der Waals surface area contributed by atoms with Crippen LogP contribution in [0, 0.1) is 12.8 Å². The van der Waals surface area contributed by atoms with Crippen molar-refractivity contribution in [1.82, 2.24) is 20.4 Å². The molecule has 3 aromatic rings. The highest BCUT2D eigenvalue weighted by Gasteiger charge is 2.25. The zero-order chi connectivity index (χ0) is 23.0. The molecule has 0 spiro atoms. The highest BCUT2D eigenvalue weighted by atomic mass is 16.5. The van der Waals surface area contributed by atoms with E-state index in [1.54, 1.807) is 7.11 Å². The second-order valence-corrected chi connectivity index (χ2v) is 8.67. The van der Waals surface area contributed by atoms with Gasteiger partial charge in [-0.3, -0.25) is 9.69 Å². The number of rotatable bonds is 9. The number of carbonyl (C=O) groups is 1. The summed E-state index contributed by atoms with van der Waals surface area (Å²) in [6.45, 7) is 5.07. The number of hydrogen-bond donors (Lipinski definition) is 1. The second-order valence-electron chi connectivity index (χ2n) is 8.67. The Hall–Kier alpha value is -3.19. The van der Waals surface area contributed by atoms with Gasteiger partial charge < -0.3 is 14.6 Å². The molecule has 0 unspecified atom stereocenters. The number of ether oxygens (including phenoxy) is 1. The number of benzene rings is 2. The number of amides is 1. The Balaban J connectivity index is 1.16. The van der Waals surface area contributed by atoms with Gasteiger partial charge in [-0.15, -0.1) is 0 Å². The van der Waals surface area contributed by atoms with Crippen LogP contribution in [0.1, 0.15) is 36.3 Å². The predicted molar refractivity (Wildman–Crippen MR) is 127 cm³/mol. The first-order chi connectivity index (χ1) is 16.1. The Morgan fingerprint density at radius 3 is 2.73 bits per heavy atom. The number of piperidine rings is 1. The molecule has 0 radical (unpaired) electrons. The monoisotopic (exact) mass is 448 g/mol. The average Bonchev–Trinajstić information content (AvgIpc) is 3.31. The third kappa shape index (κ3) is 6.42. The molecule has 2 heterocycles. The van der Waals surface area contributed by atoms with Crippen molar-refractivity contribution >= 4 is 5.91 Å². The normalized spacial score (nSPS) is 14.8. The van der Waals surface area contributed by atoms with Crippen molar-refractivity contribution in [3.8, 4) is 17.1 Å². The van der Waals surface area contributed by atoms with Gasteiger partial charge in [0.25, 0.3) is 0 Å². The molecule has 0 bridgehead atoms. The maximum atomic E-state index is 12.6. The highest BCUT2D eigenvalue weighted by molar-refractivity contribution is 5.78. The molecule has 1 N–H and O–H groups in total. The van der Waals surface area contributed by atoms with Crippen molar-refractivity contribution in [1.29, 1.82) is 0 Å². The Labute approximate surface area is 195 Å². The fourth-order valence-corrected chi connectivity index (χ4v) is 4.16. The van der Waals surface area contributed by atoms with Gasteiger partial charge in [-0.05, 0) is 63.4 Å². The Kier molecular flexibility index (Phi) is 7.73. The first-order valence-corrected chi connectivity index (χ1v) is 11.6. The van der Waals surface area contributed by atoms with Crippen molar-refractivity contribution in [3.63, 3.8) is 0 Å². The van der Waals surface area contributed by atoms with E-state index in [2.05, 4.69) is 33.3 Å². The van der Waals surface area contributed by atoms with E-state index in [-0.39, 0.29) is 11.8 Å². The van der Waals surface area contributed by atoms with Gasteiger partial charge in [0.1, 0.15) is 5.75 Å². The van der Waals surface area contributed by atoms with Gasteiger partial charge in [0.2, 0.25) is 17.6 Å². The van der Waals surface area contributed by atoms with Crippen LogP contribution in [-0.4, -0.2) is 47.7 Å². The molecule has 7 nitrogen and oxygen atoms in total. The van der Waals surface area contributed by atoms with Gasteiger partial charge in [0.15, 0.2) is 0 Å². The summed E-state index contributed by atoms with van der Waals surface area (Å²) in [6, 6.07) is 16.2. The number of hydrogen-bond acceptors (Lipinski definition) is 6. The first-order valence-electron chi connectivity index (χ1n) is 11.6. The molecular formula is C26H32N4O3. The average molecular weight is 449 g/mol. The van der Waals surface area contributed by atoms with Crippen molar-refractivity contribution in [2.75, 3.05) is 26.7 Å². The topological polar surface area (TPSA) is 80.5 Å². The van der Waals surface area contributed by atoms with Gasteiger partial charge in [0, 0.05) is 18.0 Å². The number of nitrogens with one attached hydrogen (secondary N) is 1. The lowest BCUT2D eigenvalue weighted by Crippen LogP contribution is -2.40. The van der Waals surface area contributed by atoms with Crippen LogP contribution in [0.2, 0.25) is 0 Å². The first kappa shape index (κ1) is 23.0. The predicted octanol–water partition coefficient (Wildman–Crippen LogP) is 4.01. The number of aryl methyl sites for hydroxylation is 2. The van der Waals surface area contributed by atoms with Crippen LogP contribution in [0.5, 0.6) is 5.75 Å². The fourth-order valence-electron chi connectivity index (χ4n) is 4.16. The van der Waals surface area contributed by atoms with Gasteiger partial charge in [-0.1, -0.05) is 47.1 Å². The molecule has 174 valence electrons. The van der Waals surface area contributed by atoms with E-state index < -0.39 is 0 Å². The maximum Gasteiger partial charge on any atom is 0.241 e. The van der Waals surface area contributed by atoms with E-state index in [1.165, 1.54) is 11.1 Å². The molecule has 1 amide bonds. The Morgan fingerprint density at radius 2 is 1.97 bits per heavy atom. The standard InChI is InChI=1S/C26H32N4O3/c1-19-8-10-21(11-9-19)25-28-24(33-29-25)18-30-15-12-22(13-16-30)26(31)27-14-4-6-20-5-3-7-23(17-20)32-2/h3,5,7-11,17,22H,4,6,12-16,18H2,1-2H3,(H,27,31). The zero-order valence-electron chi connectivity index (χ0n) is 19.4. The van der Waals surface area contributed by atoms with Crippen LogP contribution in [0.3, 0.4) is 0 Å². The minimum absolute atomic E-state index is 0.0730. The highest BCUT2D eigenvalue weighted by Crippen LogP contribution is 2.21. The van der Waals surface area contributed by atoms with E-state index in [0.717, 1.165) is 50.1 Å². The zero-order valence-corrected chi connectivity index (χ0v) is 19.4. The van der Waals surface area contributed by atoms with Gasteiger partial charge in [-0.25, -0.2) is 0 Å². The summed E-state index contributed by atoms with van der Waals surface area (Å²) >= 11 is 0. The molecule has 1 aromatic heterocycles. The lowest BCUT2D eigenvalue weighted by atomic mass is 9.96. The number of aromatic nitrogens is 2. The maximum absolute atomic E-state index is 12.6. The van der Waals surface area contributed by atoms with Gasteiger partial charge >= 0.3 is 0 Å². The largest absolute Gasteiger partial charge is 0.497 e. The molecule has 0 aliphatic carbocycles. The number of methoxy groups -OCH3 is 1. The van der Waals surface area contributed by atoms with Crippen LogP contribution in [-0.2, 0) is 17.8 Å². The SMILES string of the molecule is COc1cccc(CCCNC(=O)C2CCN(Cc3nc(-c4ccc(C)cc4)no3)CC2)c1. The summed E-state index contributed by atoms with van der Waals surface area (Å²) < 4.78 is 10.7. The number of carbonyl (C=O) groups excluding carboxylic acids is 1. The van der Waals surface area contributed by atoms with Crippen molar-refractivity contribution in [3.05, 3.63) is 65.5 Å². The third-order valence-electron chi connectivity index (χ3n) is 6.17. The second kappa shape index (κ2) is 11.1. The molecule has 4 rings (SSSR count). The molecule has 1 aliphatic heterocycles. The van der Waals surface area contributed by atoms with E-state index in [9.17, 15) is 4.79 Å². The van der Waals surface area contributed by atoms with E-state index in [0.29, 0.717) is 24.8 Å². The summed E-state index contributed by atoms with van der Waals surface area (Å²) in [7, 11) is 1.68. The summed E-state index contributed by atoms with van der Waals surface area (Å²) in [4.78, 5) is 19.4. The summed E-state index contributed by atoms with van der Waals surface area (Å²) in [6.07, 6.45) is 3.53. The smallest absolute Gasteiger partial charge is 0.241 e. The summed E-state index contributed by atoms with van der Waals surface area (Å²) in [5, 5.41) is 7.23. The van der Waals surface area contributed by atoms with Crippen LogP contribution >= 0.6 is 0 Å². The van der Waals surface area contributed by atoms with Crippen LogP contribution in [0.4, 0.5) is 0 Å². The lowest BCUT2D eigenvalue weighted by Gasteiger charge is -2.30. The van der Waals surface area contributed by atoms with Gasteiger partial charge in [0.05, 0.1) is 13.7 Å². The summed E-state index contributed by atoms with van der Waals surface area (Å²) in [5.41, 5.74) is 3.38. The van der Waals surface area contributed by atoms with Crippen molar-refractivity contribution < 1.29 is 14.1 Å². The lowest BCUT2D eigenvalue weighted by molar-refractivity contribution is -0.126. The van der Waals surface area contributed by atoms with E-state index in [1.807, 2.05) is 42.5 Å². The Bertz CT molecular complexity index is 1040. The molecule has 1 saturated heterocycles. The van der Waals surface area contributed by atoms with E-state index >= 15 is 0 Å². The molecule has 1 fully saturated rings. The molecule has 7 heteroatoms. The van der Waals surface area contributed by atoms with Crippen LogP contribution in [0.15, 0.2) is 53.1 Å². The molecule has 2 aromatic carbocycles. The van der Waals surface area contributed by atoms with Crippen molar-refractivity contribution in [2.45, 2.75) is 39.2 Å². The molecule has 1 aliphatic rings. The van der Waals surface area contributed by atoms with Crippen LogP contribution in [0.25, 0.3) is 11.4 Å². The third-order valence-corrected chi connectivity index (χ3v) is 6.17.